The highest BCUT2D eigenvalue weighted by Crippen LogP contribution is 2.79. The van der Waals surface area contributed by atoms with Gasteiger partial charge in [0.2, 0.25) is 0 Å². The van der Waals surface area contributed by atoms with Crippen molar-refractivity contribution >= 4 is 0 Å². The van der Waals surface area contributed by atoms with Gasteiger partial charge < -0.3 is 0 Å². The van der Waals surface area contributed by atoms with Crippen molar-refractivity contribution in [3.05, 3.63) is 46.8 Å². The van der Waals surface area contributed by atoms with Crippen LogP contribution in [0.1, 0.15) is 48.6 Å². The summed E-state index contributed by atoms with van der Waals surface area (Å²) in [6.07, 6.45) is 8.32. The Hall–Kier alpha value is -1.70. The Kier molecular flexibility index (Phi) is 1.60. The maximum Gasteiger partial charge on any atom is 0.0924 e. The van der Waals surface area contributed by atoms with Gasteiger partial charge >= 0.3 is 0 Å². The van der Waals surface area contributed by atoms with E-state index in [0.717, 1.165) is 24.5 Å². The highest BCUT2D eigenvalue weighted by Gasteiger charge is 2.77. The zero-order valence-corrected chi connectivity index (χ0v) is 12.3. The lowest BCUT2D eigenvalue weighted by Gasteiger charge is -2.48. The molecule has 4 aliphatic carbocycles. The van der Waals surface area contributed by atoms with E-state index in [1.165, 1.54) is 41.8 Å². The standard InChI is InChI=1S/C19H18N2/c1-18-7-6-13-10-19(13,18)17-14(18)9-12-5-4-11-3-2-8-20-15(11)16(12)21-17/h2-3,8-9,13H,4-7,10H2,1H3. The predicted octanol–water partition coefficient (Wildman–Crippen LogP) is 3.57. The molecule has 2 aromatic heterocycles. The van der Waals surface area contributed by atoms with E-state index < -0.39 is 0 Å². The zero-order chi connectivity index (χ0) is 13.8. The predicted molar refractivity (Wildman–Crippen MR) is 81.2 cm³/mol. The minimum atomic E-state index is 0.444. The highest BCUT2D eigenvalue weighted by atomic mass is 14.9. The lowest BCUT2D eigenvalue weighted by atomic mass is 9.56. The van der Waals surface area contributed by atoms with Crippen molar-refractivity contribution in [2.75, 3.05) is 0 Å². The summed E-state index contributed by atoms with van der Waals surface area (Å²) in [4.78, 5) is 9.81. The molecule has 0 aromatic carbocycles. The molecule has 2 heterocycles. The molecule has 1 spiro atoms. The molecule has 0 amide bonds. The molecule has 0 saturated heterocycles. The van der Waals surface area contributed by atoms with Crippen LogP contribution in [0.5, 0.6) is 0 Å². The van der Waals surface area contributed by atoms with Crippen molar-refractivity contribution in [1.29, 1.82) is 0 Å². The number of aromatic nitrogens is 2. The second kappa shape index (κ2) is 3.06. The first kappa shape index (κ1) is 10.9. The monoisotopic (exact) mass is 274 g/mol. The fourth-order valence-corrected chi connectivity index (χ4v) is 5.74. The zero-order valence-electron chi connectivity index (χ0n) is 12.3. The van der Waals surface area contributed by atoms with Crippen molar-refractivity contribution in [1.82, 2.24) is 9.97 Å². The average molecular weight is 274 g/mol. The molecule has 104 valence electrons. The molecule has 2 aromatic rings. The van der Waals surface area contributed by atoms with Gasteiger partial charge in [0, 0.05) is 17.0 Å². The van der Waals surface area contributed by atoms with Gasteiger partial charge in [-0.15, -0.1) is 0 Å². The Morgan fingerprint density at radius 3 is 3.00 bits per heavy atom. The highest BCUT2D eigenvalue weighted by molar-refractivity contribution is 5.70. The first-order valence-corrected chi connectivity index (χ1v) is 8.23. The first-order chi connectivity index (χ1) is 10.2. The smallest absolute Gasteiger partial charge is 0.0924 e. The third-order valence-corrected chi connectivity index (χ3v) is 6.98. The van der Waals surface area contributed by atoms with Crippen LogP contribution >= 0.6 is 0 Å². The number of pyridine rings is 2. The van der Waals surface area contributed by atoms with Gasteiger partial charge in [0.15, 0.2) is 0 Å². The van der Waals surface area contributed by atoms with Crippen LogP contribution in [-0.2, 0) is 23.7 Å². The van der Waals surface area contributed by atoms with Gasteiger partial charge in [-0.1, -0.05) is 19.1 Å². The van der Waals surface area contributed by atoms with E-state index in [1.807, 2.05) is 6.20 Å². The van der Waals surface area contributed by atoms with Gasteiger partial charge in [-0.25, -0.2) is 4.98 Å². The molecule has 21 heavy (non-hydrogen) atoms. The van der Waals surface area contributed by atoms with Crippen molar-refractivity contribution < 1.29 is 0 Å². The summed E-state index contributed by atoms with van der Waals surface area (Å²) in [5.41, 5.74) is 9.04. The quantitative estimate of drug-likeness (QED) is 0.734. The largest absolute Gasteiger partial charge is 0.254 e. The number of rotatable bonds is 0. The van der Waals surface area contributed by atoms with E-state index in [2.05, 4.69) is 30.1 Å². The lowest BCUT2D eigenvalue weighted by Crippen LogP contribution is -2.47. The normalized spacial score (nSPS) is 36.7. The van der Waals surface area contributed by atoms with Crippen molar-refractivity contribution in [2.45, 2.75) is 49.9 Å². The van der Waals surface area contributed by atoms with Crippen LogP contribution in [0.4, 0.5) is 0 Å². The lowest BCUT2D eigenvalue weighted by molar-refractivity contribution is 0.301. The molecular formula is C19H18N2. The number of aryl methyl sites for hydroxylation is 2. The van der Waals surface area contributed by atoms with Gasteiger partial charge in [-0.2, -0.15) is 0 Å². The van der Waals surface area contributed by atoms with Gasteiger partial charge in [-0.05, 0) is 60.8 Å². The van der Waals surface area contributed by atoms with Crippen LogP contribution in [0.2, 0.25) is 0 Å². The summed E-state index contributed by atoms with van der Waals surface area (Å²) >= 11 is 0. The molecular weight excluding hydrogens is 256 g/mol. The molecule has 2 heteroatoms. The maximum atomic E-state index is 5.18. The minimum absolute atomic E-state index is 0.444. The molecule has 6 rings (SSSR count). The van der Waals surface area contributed by atoms with E-state index in [-0.39, 0.29) is 0 Å². The third kappa shape index (κ3) is 0.984. The van der Waals surface area contributed by atoms with Crippen LogP contribution in [0.3, 0.4) is 0 Å². The van der Waals surface area contributed by atoms with Crippen molar-refractivity contribution in [2.24, 2.45) is 5.92 Å². The van der Waals surface area contributed by atoms with Gasteiger partial charge in [0.1, 0.15) is 0 Å². The summed E-state index contributed by atoms with van der Waals surface area (Å²) in [6.45, 7) is 2.49. The number of fused-ring (bicyclic) bond motifs is 5. The topological polar surface area (TPSA) is 25.8 Å². The van der Waals surface area contributed by atoms with Gasteiger partial charge in [-0.3, -0.25) is 4.98 Å². The second-order valence-electron chi connectivity index (χ2n) is 7.65. The molecule has 0 radical (unpaired) electrons. The van der Waals surface area contributed by atoms with Crippen LogP contribution < -0.4 is 0 Å². The third-order valence-electron chi connectivity index (χ3n) is 6.98. The van der Waals surface area contributed by atoms with Crippen LogP contribution in [-0.4, -0.2) is 9.97 Å². The minimum Gasteiger partial charge on any atom is -0.254 e. The summed E-state index contributed by atoms with van der Waals surface area (Å²) in [7, 11) is 0. The molecule has 4 aliphatic rings. The number of hydrogen-bond donors (Lipinski definition) is 0. The molecule has 2 nitrogen and oxygen atoms in total. The van der Waals surface area contributed by atoms with Crippen LogP contribution in [0, 0.1) is 5.92 Å². The fourth-order valence-electron chi connectivity index (χ4n) is 5.74. The summed E-state index contributed by atoms with van der Waals surface area (Å²) in [5.74, 6) is 0.923. The molecule has 0 bridgehead atoms. The molecule has 0 aliphatic heterocycles. The van der Waals surface area contributed by atoms with E-state index >= 15 is 0 Å². The summed E-state index contributed by atoms with van der Waals surface area (Å²) in [6, 6.07) is 6.75. The van der Waals surface area contributed by atoms with E-state index in [0.29, 0.717) is 10.8 Å². The van der Waals surface area contributed by atoms with E-state index in [1.54, 1.807) is 5.56 Å². The van der Waals surface area contributed by atoms with E-state index in [9.17, 15) is 0 Å². The summed E-state index contributed by atoms with van der Waals surface area (Å²) in [5, 5.41) is 0. The Bertz CT molecular complexity index is 824. The Morgan fingerprint density at radius 1 is 1.19 bits per heavy atom. The van der Waals surface area contributed by atoms with Crippen molar-refractivity contribution in [3.8, 4) is 11.4 Å². The van der Waals surface area contributed by atoms with E-state index in [4.69, 9.17) is 4.98 Å². The fraction of sp³-hybridized carbons (Fsp3) is 0.474. The van der Waals surface area contributed by atoms with Crippen molar-refractivity contribution in [3.63, 3.8) is 0 Å². The Balaban J connectivity index is 1.63. The molecule has 2 saturated carbocycles. The number of nitrogens with zero attached hydrogens (tertiary/aromatic N) is 2. The summed E-state index contributed by atoms with van der Waals surface area (Å²) < 4.78 is 0. The first-order valence-electron chi connectivity index (χ1n) is 8.23. The Morgan fingerprint density at radius 2 is 2.10 bits per heavy atom. The van der Waals surface area contributed by atoms with Gasteiger partial charge in [0.25, 0.3) is 0 Å². The van der Waals surface area contributed by atoms with Crippen LogP contribution in [0.15, 0.2) is 24.4 Å². The average Bonchev–Trinajstić information content (AvgIpc) is 3.24. The second-order valence-corrected chi connectivity index (χ2v) is 7.65. The van der Waals surface area contributed by atoms with Gasteiger partial charge in [0.05, 0.1) is 17.1 Å². The maximum absolute atomic E-state index is 5.18. The SMILES string of the molecule is CC12CCC3CC31c1nc3c(cc12)CCc1cccnc1-3. The Labute approximate surface area is 124 Å². The number of hydrogen-bond acceptors (Lipinski definition) is 2. The van der Waals surface area contributed by atoms with Crippen LogP contribution in [0.25, 0.3) is 11.4 Å². The molecule has 2 fully saturated rings. The molecule has 0 N–H and O–H groups in total. The molecule has 3 atom stereocenters. The molecule has 3 unspecified atom stereocenters.